The molecule has 2 aromatic rings. The number of anilines is 1. The molecule has 1 N–H and O–H groups in total. The number of hydrogen-bond donors (Lipinski definition) is 1. The third-order valence-electron chi connectivity index (χ3n) is 8.96. The number of fused-ring (bicyclic) bond motifs is 1. The Morgan fingerprint density at radius 1 is 1.07 bits per heavy atom. The van der Waals surface area contributed by atoms with Crippen molar-refractivity contribution in [2.75, 3.05) is 24.6 Å². The maximum atomic E-state index is 14.6. The van der Waals surface area contributed by atoms with Gasteiger partial charge in [-0.2, -0.15) is 0 Å². The van der Waals surface area contributed by atoms with E-state index in [2.05, 4.69) is 20.1 Å². The van der Waals surface area contributed by atoms with Gasteiger partial charge in [-0.15, -0.1) is 24.9 Å². The van der Waals surface area contributed by atoms with Crippen molar-refractivity contribution < 1.29 is 19.5 Å². The van der Waals surface area contributed by atoms with Crippen LogP contribution in [0.3, 0.4) is 0 Å². The van der Waals surface area contributed by atoms with E-state index in [4.69, 9.17) is 0 Å². The number of para-hydroxylation sites is 1. The molecule has 7 nitrogen and oxygen atoms in total. The van der Waals surface area contributed by atoms with Gasteiger partial charge in [-0.1, -0.05) is 67.6 Å². The van der Waals surface area contributed by atoms with Gasteiger partial charge in [-0.05, 0) is 37.0 Å². The lowest BCUT2D eigenvalue weighted by Gasteiger charge is -2.42. The van der Waals surface area contributed by atoms with Gasteiger partial charge in [-0.3, -0.25) is 14.4 Å². The number of likely N-dealkylation sites (tertiary alicyclic amines) is 1. The highest BCUT2D eigenvalue weighted by Crippen LogP contribution is 2.69. The number of hydrogen-bond acceptors (Lipinski definition) is 5. The SMILES string of the molecule is C=CCN(Cc1ccccc1)C(=O)C1N([C@H](C)CO)C(=O)[C@@H]2[C@H](C(=O)N(CC=C)c3ccccc3)[C@@H]3CC(C)C12S3. The summed E-state index contributed by atoms with van der Waals surface area (Å²) in [5, 5.41) is 10.2. The van der Waals surface area contributed by atoms with Gasteiger partial charge >= 0.3 is 0 Å². The zero-order valence-electron chi connectivity index (χ0n) is 23.8. The molecule has 41 heavy (non-hydrogen) atoms. The second kappa shape index (κ2) is 11.9. The maximum absolute atomic E-state index is 14.6. The molecule has 8 heteroatoms. The van der Waals surface area contributed by atoms with Crippen molar-refractivity contribution in [2.45, 2.75) is 48.9 Å². The molecule has 3 aliphatic rings. The van der Waals surface area contributed by atoms with Gasteiger partial charge < -0.3 is 19.8 Å². The average molecular weight is 574 g/mol. The molecule has 1 spiro atoms. The van der Waals surface area contributed by atoms with Crippen LogP contribution in [0, 0.1) is 17.8 Å². The summed E-state index contributed by atoms with van der Waals surface area (Å²) in [4.78, 5) is 48.4. The van der Waals surface area contributed by atoms with Crippen molar-refractivity contribution in [1.82, 2.24) is 9.80 Å². The highest BCUT2D eigenvalue weighted by atomic mass is 32.2. The van der Waals surface area contributed by atoms with Crippen LogP contribution in [0.4, 0.5) is 5.69 Å². The Hall–Kier alpha value is -3.36. The number of amides is 3. The molecule has 0 radical (unpaired) electrons. The molecule has 5 rings (SSSR count). The predicted molar refractivity (Wildman–Crippen MR) is 163 cm³/mol. The van der Waals surface area contributed by atoms with Gasteiger partial charge in [0.25, 0.3) is 0 Å². The third-order valence-corrected chi connectivity index (χ3v) is 11.0. The van der Waals surface area contributed by atoms with Crippen LogP contribution in [0.5, 0.6) is 0 Å². The summed E-state index contributed by atoms with van der Waals surface area (Å²) in [6.07, 6.45) is 4.14. The highest BCUT2D eigenvalue weighted by Gasteiger charge is 2.76. The number of rotatable bonds is 11. The Bertz CT molecular complexity index is 1300. The van der Waals surface area contributed by atoms with E-state index in [-0.39, 0.29) is 35.5 Å². The molecular weight excluding hydrogens is 534 g/mol. The first-order valence-corrected chi connectivity index (χ1v) is 15.2. The number of aliphatic hydroxyl groups is 1. The van der Waals surface area contributed by atoms with Gasteiger partial charge in [0.15, 0.2) is 0 Å². The Kier molecular flexibility index (Phi) is 8.43. The van der Waals surface area contributed by atoms with E-state index in [1.54, 1.807) is 45.5 Å². The zero-order chi connectivity index (χ0) is 29.3. The smallest absolute Gasteiger partial charge is 0.247 e. The fourth-order valence-corrected chi connectivity index (χ4v) is 9.58. The second-order valence-corrected chi connectivity index (χ2v) is 12.9. The Balaban J connectivity index is 1.57. The summed E-state index contributed by atoms with van der Waals surface area (Å²) >= 11 is 1.65. The molecule has 0 saturated carbocycles. The molecule has 2 bridgehead atoms. The number of thioether (sulfide) groups is 1. The van der Waals surface area contributed by atoms with Gasteiger partial charge in [0, 0.05) is 30.6 Å². The molecule has 3 fully saturated rings. The van der Waals surface area contributed by atoms with E-state index in [9.17, 15) is 19.5 Å². The van der Waals surface area contributed by atoms with Crippen molar-refractivity contribution >= 4 is 35.2 Å². The molecule has 0 aliphatic carbocycles. The number of benzene rings is 2. The summed E-state index contributed by atoms with van der Waals surface area (Å²) in [6.45, 7) is 12.4. The molecule has 7 atom stereocenters. The first-order valence-electron chi connectivity index (χ1n) is 14.3. The average Bonchev–Trinajstić information content (AvgIpc) is 3.59. The molecule has 3 aliphatic heterocycles. The monoisotopic (exact) mass is 573 g/mol. The van der Waals surface area contributed by atoms with Crippen LogP contribution in [0.15, 0.2) is 86.0 Å². The Labute approximate surface area is 246 Å². The van der Waals surface area contributed by atoms with Gasteiger partial charge in [0.2, 0.25) is 17.7 Å². The van der Waals surface area contributed by atoms with Crippen LogP contribution >= 0.6 is 11.8 Å². The standard InChI is InChI=1S/C33H39N3O4S/c1-5-17-34(20-24-13-9-7-10-14-24)32(40)29-33-22(3)19-26(41-33)27(28(33)31(39)36(29)23(4)21-37)30(38)35(18-6-2)25-15-11-8-12-16-25/h5-16,22-23,26-29,37H,1-2,17-21H2,3-4H3/t22?,23-,26+,27-,28+,29?,33?/m1/s1. The summed E-state index contributed by atoms with van der Waals surface area (Å²) in [5.41, 5.74) is 1.74. The molecule has 3 heterocycles. The first kappa shape index (κ1) is 29.1. The quantitative estimate of drug-likeness (QED) is 0.409. The van der Waals surface area contributed by atoms with Crippen LogP contribution in [0.25, 0.3) is 0 Å². The van der Waals surface area contributed by atoms with Crippen molar-refractivity contribution in [3.63, 3.8) is 0 Å². The topological polar surface area (TPSA) is 81.2 Å². The van der Waals surface area contributed by atoms with E-state index >= 15 is 0 Å². The minimum atomic E-state index is -0.793. The number of nitrogens with zero attached hydrogens (tertiary/aromatic N) is 3. The van der Waals surface area contributed by atoms with E-state index in [1.807, 2.05) is 60.7 Å². The summed E-state index contributed by atoms with van der Waals surface area (Å²) in [5.74, 6) is -1.68. The largest absolute Gasteiger partial charge is 0.394 e. The summed E-state index contributed by atoms with van der Waals surface area (Å²) in [6, 6.07) is 17.9. The van der Waals surface area contributed by atoms with Crippen LogP contribution in [-0.4, -0.2) is 74.4 Å². The van der Waals surface area contributed by atoms with Crippen LogP contribution in [0.2, 0.25) is 0 Å². The van der Waals surface area contributed by atoms with Crippen molar-refractivity contribution in [1.29, 1.82) is 0 Å². The summed E-state index contributed by atoms with van der Waals surface area (Å²) in [7, 11) is 0. The van der Waals surface area contributed by atoms with Gasteiger partial charge in [0.1, 0.15) is 6.04 Å². The lowest BCUT2D eigenvalue weighted by atomic mass is 9.65. The zero-order valence-corrected chi connectivity index (χ0v) is 24.6. The summed E-state index contributed by atoms with van der Waals surface area (Å²) < 4.78 is -0.769. The van der Waals surface area contributed by atoms with Crippen LogP contribution in [0.1, 0.15) is 25.8 Å². The van der Waals surface area contributed by atoms with Gasteiger partial charge in [-0.25, -0.2) is 0 Å². The molecule has 3 amide bonds. The second-order valence-electron chi connectivity index (χ2n) is 11.4. The molecule has 3 saturated heterocycles. The van der Waals surface area contributed by atoms with E-state index < -0.39 is 28.7 Å². The van der Waals surface area contributed by atoms with Crippen LogP contribution in [-0.2, 0) is 20.9 Å². The fraction of sp³-hybridized carbons (Fsp3) is 0.424. The van der Waals surface area contributed by atoms with E-state index in [0.29, 0.717) is 19.6 Å². The van der Waals surface area contributed by atoms with E-state index in [0.717, 1.165) is 17.7 Å². The maximum Gasteiger partial charge on any atom is 0.247 e. The lowest BCUT2D eigenvalue weighted by Crippen LogP contribution is -2.58. The molecule has 216 valence electrons. The Morgan fingerprint density at radius 2 is 1.71 bits per heavy atom. The highest BCUT2D eigenvalue weighted by molar-refractivity contribution is 8.02. The van der Waals surface area contributed by atoms with Crippen molar-refractivity contribution in [3.8, 4) is 0 Å². The van der Waals surface area contributed by atoms with Gasteiger partial charge in [0.05, 0.1) is 29.2 Å². The van der Waals surface area contributed by atoms with Crippen LogP contribution < -0.4 is 4.90 Å². The predicted octanol–water partition coefficient (Wildman–Crippen LogP) is 4.14. The van der Waals surface area contributed by atoms with Crippen molar-refractivity contribution in [2.24, 2.45) is 17.8 Å². The number of carbonyl (C=O) groups excluding carboxylic acids is 3. The Morgan fingerprint density at radius 3 is 2.32 bits per heavy atom. The van der Waals surface area contributed by atoms with Crippen molar-refractivity contribution in [3.05, 3.63) is 91.5 Å². The number of carbonyl (C=O) groups is 3. The third kappa shape index (κ3) is 4.81. The minimum Gasteiger partial charge on any atom is -0.394 e. The normalized spacial score (nSPS) is 28.7. The molecule has 2 aromatic carbocycles. The molecular formula is C33H39N3O4S. The van der Waals surface area contributed by atoms with E-state index in [1.165, 1.54) is 0 Å². The lowest BCUT2D eigenvalue weighted by molar-refractivity contribution is -0.145. The molecule has 0 aromatic heterocycles. The minimum absolute atomic E-state index is 0.0345. The number of aliphatic hydroxyl groups excluding tert-OH is 1. The molecule has 3 unspecified atom stereocenters. The fourth-order valence-electron chi connectivity index (χ4n) is 7.19. The first-order chi connectivity index (χ1) is 19.8.